The zero-order valence-corrected chi connectivity index (χ0v) is 25.3. The molecule has 4 nitrogen and oxygen atoms in total. The summed E-state index contributed by atoms with van der Waals surface area (Å²) in [5.41, 5.74) is 6.86. The molecule has 0 radical (unpaired) electrons. The van der Waals surface area contributed by atoms with Gasteiger partial charge in [-0.25, -0.2) is 15.0 Å². The van der Waals surface area contributed by atoms with Gasteiger partial charge in [0.15, 0.2) is 17.5 Å². The standard InChI is InChI=1S/C38H26N4S2/c1-3-10-24(11-4-1)35-40-36(25-12-5-2-6-13-25)42-37(41-35)26-19-18-23-20-21-32-33(30(23)22-26)39-38(44-32)29-16-9-15-28-27-14-7-8-17-31(27)43-34(28)29/h1-7,9-16,18-22,38-39H,8,17H2. The monoisotopic (exact) mass is 602 g/mol. The van der Waals surface area contributed by atoms with Crippen LogP contribution in [0.2, 0.25) is 0 Å². The molecule has 0 spiro atoms. The molecule has 2 aromatic heterocycles. The first-order valence-electron chi connectivity index (χ1n) is 14.9. The fourth-order valence-corrected chi connectivity index (χ4v) is 8.86. The molecule has 5 aromatic carbocycles. The summed E-state index contributed by atoms with van der Waals surface area (Å²) in [5.74, 6) is 2.01. The summed E-state index contributed by atoms with van der Waals surface area (Å²) >= 11 is 3.87. The first kappa shape index (κ1) is 25.7. The summed E-state index contributed by atoms with van der Waals surface area (Å²) in [4.78, 5) is 17.6. The van der Waals surface area contributed by atoms with Gasteiger partial charge in [-0.1, -0.05) is 121 Å². The van der Waals surface area contributed by atoms with Crippen LogP contribution in [0.3, 0.4) is 0 Å². The van der Waals surface area contributed by atoms with Crippen LogP contribution in [0.4, 0.5) is 5.69 Å². The number of nitrogens with one attached hydrogen (secondary N) is 1. The van der Waals surface area contributed by atoms with E-state index in [9.17, 15) is 0 Å². The lowest BCUT2D eigenvalue weighted by Crippen LogP contribution is -2.02. The number of aryl methyl sites for hydroxylation is 1. The highest BCUT2D eigenvalue weighted by atomic mass is 32.2. The first-order chi connectivity index (χ1) is 21.8. The fourth-order valence-electron chi connectivity index (χ4n) is 6.25. The van der Waals surface area contributed by atoms with Gasteiger partial charge in [0.05, 0.1) is 5.69 Å². The lowest BCUT2D eigenvalue weighted by molar-refractivity contribution is 1.02. The van der Waals surface area contributed by atoms with Gasteiger partial charge in [-0.2, -0.15) is 0 Å². The summed E-state index contributed by atoms with van der Waals surface area (Å²) in [6, 6.07) is 38.1. The van der Waals surface area contributed by atoms with Crippen LogP contribution in [0, 0.1) is 0 Å². The second kappa shape index (κ2) is 10.4. The third-order valence-electron chi connectivity index (χ3n) is 8.43. The summed E-state index contributed by atoms with van der Waals surface area (Å²) in [6.07, 6.45) is 6.89. The highest BCUT2D eigenvalue weighted by Crippen LogP contribution is 2.52. The van der Waals surface area contributed by atoms with Crippen molar-refractivity contribution in [1.82, 2.24) is 15.0 Å². The van der Waals surface area contributed by atoms with Crippen molar-refractivity contribution in [1.29, 1.82) is 0 Å². The molecule has 1 unspecified atom stereocenters. The number of fused-ring (bicyclic) bond motifs is 6. The van der Waals surface area contributed by atoms with E-state index < -0.39 is 0 Å². The Kier molecular flexibility index (Phi) is 6.10. The molecule has 0 amide bonds. The van der Waals surface area contributed by atoms with Gasteiger partial charge in [-0.05, 0) is 35.9 Å². The molecular weight excluding hydrogens is 577 g/mol. The molecule has 0 saturated heterocycles. The number of benzene rings is 5. The Labute approximate surface area is 263 Å². The van der Waals surface area contributed by atoms with E-state index in [4.69, 9.17) is 15.0 Å². The Morgan fingerprint density at radius 1 is 0.659 bits per heavy atom. The quantitative estimate of drug-likeness (QED) is 0.217. The smallest absolute Gasteiger partial charge is 0.164 e. The summed E-state index contributed by atoms with van der Waals surface area (Å²) < 4.78 is 1.40. The van der Waals surface area contributed by atoms with Gasteiger partial charge in [-0.3, -0.25) is 0 Å². The number of anilines is 1. The number of nitrogens with zero attached hydrogens (tertiary/aromatic N) is 3. The molecular formula is C38H26N4S2. The average molecular weight is 603 g/mol. The molecule has 1 aliphatic carbocycles. The largest absolute Gasteiger partial charge is 0.368 e. The molecule has 1 aliphatic heterocycles. The third kappa shape index (κ3) is 4.33. The summed E-state index contributed by atoms with van der Waals surface area (Å²) in [5, 5.41) is 7.82. The van der Waals surface area contributed by atoms with Crippen molar-refractivity contribution >= 4 is 55.7 Å². The predicted molar refractivity (Wildman–Crippen MR) is 185 cm³/mol. The van der Waals surface area contributed by atoms with Gasteiger partial charge < -0.3 is 5.32 Å². The van der Waals surface area contributed by atoms with Crippen LogP contribution in [0.1, 0.15) is 27.8 Å². The van der Waals surface area contributed by atoms with Gasteiger partial charge in [0, 0.05) is 47.5 Å². The van der Waals surface area contributed by atoms with Gasteiger partial charge in [0.2, 0.25) is 0 Å². The Bertz CT molecular complexity index is 2180. The molecule has 9 rings (SSSR count). The molecule has 7 aromatic rings. The maximum absolute atomic E-state index is 4.98. The van der Waals surface area contributed by atoms with Crippen LogP contribution in [-0.4, -0.2) is 15.0 Å². The summed E-state index contributed by atoms with van der Waals surface area (Å²) in [7, 11) is 0. The molecule has 2 aliphatic rings. The van der Waals surface area contributed by atoms with Crippen LogP contribution in [-0.2, 0) is 6.42 Å². The molecule has 0 saturated carbocycles. The van der Waals surface area contributed by atoms with E-state index in [0.29, 0.717) is 17.5 Å². The number of allylic oxidation sites excluding steroid dienone is 1. The Hall–Kier alpha value is -4.78. The molecule has 1 N–H and O–H groups in total. The molecule has 1 atom stereocenters. The highest BCUT2D eigenvalue weighted by Gasteiger charge is 2.28. The zero-order chi connectivity index (χ0) is 29.0. The van der Waals surface area contributed by atoms with E-state index in [-0.39, 0.29) is 5.37 Å². The molecule has 210 valence electrons. The molecule has 44 heavy (non-hydrogen) atoms. The molecule has 6 heteroatoms. The Morgan fingerprint density at radius 2 is 1.36 bits per heavy atom. The molecule has 0 fully saturated rings. The maximum atomic E-state index is 4.98. The molecule has 3 heterocycles. The van der Waals surface area contributed by atoms with Crippen molar-refractivity contribution in [2.24, 2.45) is 0 Å². The minimum Gasteiger partial charge on any atom is -0.368 e. The normalized spacial score (nSPS) is 15.3. The number of hydrogen-bond acceptors (Lipinski definition) is 6. The highest BCUT2D eigenvalue weighted by molar-refractivity contribution is 8.00. The van der Waals surface area contributed by atoms with Crippen molar-refractivity contribution < 1.29 is 0 Å². The second-order valence-corrected chi connectivity index (χ2v) is 13.4. The van der Waals surface area contributed by atoms with Gasteiger partial charge in [0.1, 0.15) is 5.37 Å². The van der Waals surface area contributed by atoms with Crippen LogP contribution in [0.15, 0.2) is 120 Å². The SMILES string of the molecule is C1=Cc2c(sc3c(C4Nc5c(ccc6ccc(-c7nc(-c8ccccc8)nc(-c8ccccc8)n7)cc56)S4)cccc23)CC1. The van der Waals surface area contributed by atoms with Gasteiger partial charge in [-0.15, -0.1) is 11.3 Å². The van der Waals surface area contributed by atoms with E-state index in [1.54, 1.807) is 0 Å². The van der Waals surface area contributed by atoms with Crippen molar-refractivity contribution in [2.75, 3.05) is 5.32 Å². The second-order valence-electron chi connectivity index (χ2n) is 11.2. The van der Waals surface area contributed by atoms with E-state index in [0.717, 1.165) is 29.5 Å². The number of aromatic nitrogens is 3. The van der Waals surface area contributed by atoms with E-state index >= 15 is 0 Å². The van der Waals surface area contributed by atoms with Crippen molar-refractivity contribution in [3.63, 3.8) is 0 Å². The van der Waals surface area contributed by atoms with Crippen LogP contribution < -0.4 is 5.32 Å². The molecule has 0 bridgehead atoms. The van der Waals surface area contributed by atoms with E-state index in [2.05, 4.69) is 66.0 Å². The Morgan fingerprint density at radius 3 is 2.11 bits per heavy atom. The van der Waals surface area contributed by atoms with Crippen molar-refractivity contribution in [2.45, 2.75) is 23.1 Å². The average Bonchev–Trinajstić information content (AvgIpc) is 3.71. The summed E-state index contributed by atoms with van der Waals surface area (Å²) in [6.45, 7) is 0. The Balaban J connectivity index is 1.14. The van der Waals surface area contributed by atoms with Crippen LogP contribution in [0.5, 0.6) is 0 Å². The minimum atomic E-state index is 0.151. The predicted octanol–water partition coefficient (Wildman–Crippen LogP) is 10.4. The third-order valence-corrected chi connectivity index (χ3v) is 11.0. The van der Waals surface area contributed by atoms with Gasteiger partial charge in [0.25, 0.3) is 0 Å². The van der Waals surface area contributed by atoms with E-state index in [1.807, 2.05) is 83.8 Å². The first-order valence-corrected chi connectivity index (χ1v) is 16.6. The number of rotatable bonds is 4. The number of thiophene rings is 1. The maximum Gasteiger partial charge on any atom is 0.164 e. The van der Waals surface area contributed by atoms with Gasteiger partial charge >= 0.3 is 0 Å². The lowest BCUT2D eigenvalue weighted by atomic mass is 10.0. The zero-order valence-electron chi connectivity index (χ0n) is 23.7. The van der Waals surface area contributed by atoms with Crippen LogP contribution in [0.25, 0.3) is 61.1 Å². The van der Waals surface area contributed by atoms with E-state index in [1.165, 1.54) is 47.4 Å². The number of thioether (sulfide) groups is 1. The minimum absolute atomic E-state index is 0.151. The van der Waals surface area contributed by atoms with Crippen molar-refractivity contribution in [3.8, 4) is 34.2 Å². The number of hydrogen-bond donors (Lipinski definition) is 1. The van der Waals surface area contributed by atoms with Crippen LogP contribution >= 0.6 is 23.1 Å². The van der Waals surface area contributed by atoms with Crippen molar-refractivity contribution in [3.05, 3.63) is 131 Å². The fraction of sp³-hybridized carbons (Fsp3) is 0.0789. The topological polar surface area (TPSA) is 50.7 Å². The lowest BCUT2D eigenvalue weighted by Gasteiger charge is -2.13.